The summed E-state index contributed by atoms with van der Waals surface area (Å²) in [6.45, 7) is 8.05. The molecule has 0 aliphatic heterocycles. The number of benzene rings is 3. The summed E-state index contributed by atoms with van der Waals surface area (Å²) >= 11 is 6.35. The third-order valence-corrected chi connectivity index (χ3v) is 6.25. The van der Waals surface area contributed by atoms with Crippen LogP contribution < -0.4 is 10.9 Å². The van der Waals surface area contributed by atoms with Crippen molar-refractivity contribution in [2.45, 2.75) is 47.1 Å². The lowest BCUT2D eigenvalue weighted by Gasteiger charge is -2.18. The van der Waals surface area contributed by atoms with Crippen molar-refractivity contribution in [3.05, 3.63) is 93.5 Å². The maximum atomic E-state index is 13.6. The zero-order chi connectivity index (χ0) is 25.2. The molecule has 1 amide bonds. The molecule has 35 heavy (non-hydrogen) atoms. The Labute approximate surface area is 210 Å². The van der Waals surface area contributed by atoms with Gasteiger partial charge in [-0.25, -0.2) is 4.98 Å². The number of aromatic nitrogens is 2. The highest BCUT2D eigenvalue weighted by Crippen LogP contribution is 2.28. The minimum atomic E-state index is -0.533. The predicted octanol–water partition coefficient (Wildman–Crippen LogP) is 6.70. The molecule has 0 radical (unpaired) electrons. The molecule has 5 nitrogen and oxygen atoms in total. The number of carbonyl (C=O) groups excluding carboxylic acids is 1. The molecule has 0 saturated carbocycles. The number of carbonyl (C=O) groups is 1. The fraction of sp³-hybridized carbons (Fsp3) is 0.276. The van der Waals surface area contributed by atoms with Crippen molar-refractivity contribution in [3.63, 3.8) is 0 Å². The first-order chi connectivity index (χ1) is 16.7. The maximum absolute atomic E-state index is 13.6. The van der Waals surface area contributed by atoms with Crippen molar-refractivity contribution in [2.24, 2.45) is 5.41 Å². The molecule has 0 aliphatic carbocycles. The first kappa shape index (κ1) is 24.7. The first-order valence-corrected chi connectivity index (χ1v) is 12.2. The molecule has 0 bridgehead atoms. The molecule has 1 heterocycles. The largest absolute Gasteiger partial charge is 0.326 e. The maximum Gasteiger partial charge on any atom is 0.261 e. The van der Waals surface area contributed by atoms with Crippen LogP contribution in [0.2, 0.25) is 5.02 Å². The molecule has 6 heteroatoms. The third-order valence-electron chi connectivity index (χ3n) is 5.93. The average molecular weight is 488 g/mol. The van der Waals surface area contributed by atoms with Gasteiger partial charge in [-0.2, -0.15) is 0 Å². The van der Waals surface area contributed by atoms with Gasteiger partial charge in [-0.1, -0.05) is 81.8 Å². The lowest BCUT2D eigenvalue weighted by Crippen LogP contribution is -2.28. The fourth-order valence-electron chi connectivity index (χ4n) is 3.91. The van der Waals surface area contributed by atoms with Crippen LogP contribution in [0.5, 0.6) is 0 Å². The van der Waals surface area contributed by atoms with E-state index in [4.69, 9.17) is 16.6 Å². The molecule has 0 fully saturated rings. The van der Waals surface area contributed by atoms with Gasteiger partial charge in [-0.15, -0.1) is 0 Å². The van der Waals surface area contributed by atoms with Gasteiger partial charge in [-0.05, 0) is 41.8 Å². The van der Waals surface area contributed by atoms with Crippen molar-refractivity contribution >= 4 is 34.1 Å². The third kappa shape index (κ3) is 5.46. The fourth-order valence-corrected chi connectivity index (χ4v) is 4.15. The van der Waals surface area contributed by atoms with E-state index in [1.807, 2.05) is 69.3 Å². The Balaban J connectivity index is 1.70. The summed E-state index contributed by atoms with van der Waals surface area (Å²) in [7, 11) is 0. The molecule has 0 atom stereocenters. The van der Waals surface area contributed by atoms with Crippen molar-refractivity contribution < 1.29 is 4.79 Å². The number of amides is 1. The van der Waals surface area contributed by atoms with E-state index >= 15 is 0 Å². The normalized spacial score (nSPS) is 11.6. The van der Waals surface area contributed by atoms with Crippen LogP contribution in [-0.4, -0.2) is 15.5 Å². The second-order valence-corrected chi connectivity index (χ2v) is 10.2. The number of nitrogens with zero attached hydrogens (tertiary/aromatic N) is 2. The Bertz CT molecular complexity index is 1430. The van der Waals surface area contributed by atoms with E-state index in [1.165, 1.54) is 0 Å². The molecular weight excluding hydrogens is 458 g/mol. The van der Waals surface area contributed by atoms with E-state index in [2.05, 4.69) is 12.2 Å². The molecule has 0 aliphatic rings. The first-order valence-electron chi connectivity index (χ1n) is 11.9. The van der Waals surface area contributed by atoms with Crippen LogP contribution in [0.25, 0.3) is 22.0 Å². The number of rotatable bonds is 6. The number of hydrogen-bond acceptors (Lipinski definition) is 3. The molecule has 3 aromatic carbocycles. The SMILES string of the molecule is CCCc1nc2ccc(NC(=O)C(C)(C)C)cc2c(=O)n1Cc1ccc(-c2ccccc2Cl)cc1. The highest BCUT2D eigenvalue weighted by molar-refractivity contribution is 6.33. The van der Waals surface area contributed by atoms with Gasteiger partial charge in [0.05, 0.1) is 17.4 Å². The highest BCUT2D eigenvalue weighted by Gasteiger charge is 2.21. The van der Waals surface area contributed by atoms with Crippen molar-refractivity contribution in [2.75, 3.05) is 5.32 Å². The Morgan fingerprint density at radius 3 is 2.40 bits per heavy atom. The topological polar surface area (TPSA) is 64.0 Å². The number of anilines is 1. The Morgan fingerprint density at radius 1 is 1.03 bits per heavy atom. The number of nitrogens with one attached hydrogen (secondary N) is 1. The lowest BCUT2D eigenvalue weighted by molar-refractivity contribution is -0.123. The second-order valence-electron chi connectivity index (χ2n) is 9.78. The molecule has 180 valence electrons. The summed E-state index contributed by atoms with van der Waals surface area (Å²) in [5, 5.41) is 4.10. The van der Waals surface area contributed by atoms with Crippen molar-refractivity contribution in [3.8, 4) is 11.1 Å². The number of fused-ring (bicyclic) bond motifs is 1. The lowest BCUT2D eigenvalue weighted by atomic mass is 9.95. The van der Waals surface area contributed by atoms with Crippen LogP contribution in [-0.2, 0) is 17.8 Å². The van der Waals surface area contributed by atoms with Crippen molar-refractivity contribution in [1.29, 1.82) is 0 Å². The zero-order valence-electron chi connectivity index (χ0n) is 20.6. The van der Waals surface area contributed by atoms with E-state index in [0.717, 1.165) is 28.9 Å². The van der Waals surface area contributed by atoms with Gasteiger partial charge in [-0.3, -0.25) is 14.2 Å². The van der Waals surface area contributed by atoms with Gasteiger partial charge < -0.3 is 5.32 Å². The standard InChI is InChI=1S/C29H30ClN3O2/c1-5-8-26-32-25-16-15-21(31-28(35)29(2,3)4)17-23(25)27(34)33(26)18-19-11-13-20(14-12-19)22-9-6-7-10-24(22)30/h6-7,9-17H,5,8,18H2,1-4H3,(H,31,35). The summed E-state index contributed by atoms with van der Waals surface area (Å²) in [5.74, 6) is 0.651. The van der Waals surface area contributed by atoms with Gasteiger partial charge >= 0.3 is 0 Å². The van der Waals surface area contributed by atoms with Gasteiger partial charge in [0.25, 0.3) is 5.56 Å². The Kier molecular flexibility index (Phi) is 7.08. The molecule has 0 spiro atoms. The Hall–Kier alpha value is -3.44. The van der Waals surface area contributed by atoms with E-state index in [9.17, 15) is 9.59 Å². The van der Waals surface area contributed by atoms with Gasteiger partial charge in [0.1, 0.15) is 5.82 Å². The van der Waals surface area contributed by atoms with Gasteiger partial charge in [0.15, 0.2) is 0 Å². The molecule has 4 rings (SSSR count). The smallest absolute Gasteiger partial charge is 0.261 e. The molecular formula is C29H30ClN3O2. The van der Waals surface area contributed by atoms with E-state index in [0.29, 0.717) is 34.6 Å². The second kappa shape index (κ2) is 10.0. The van der Waals surface area contributed by atoms with Crippen LogP contribution in [0, 0.1) is 5.41 Å². The minimum Gasteiger partial charge on any atom is -0.326 e. The number of aryl methyl sites for hydroxylation is 1. The van der Waals surface area contributed by atoms with Crippen molar-refractivity contribution in [1.82, 2.24) is 9.55 Å². The molecule has 1 aromatic heterocycles. The molecule has 1 N–H and O–H groups in total. The molecule has 4 aromatic rings. The highest BCUT2D eigenvalue weighted by atomic mass is 35.5. The van der Waals surface area contributed by atoms with Crippen LogP contribution in [0.1, 0.15) is 45.5 Å². The average Bonchev–Trinajstić information content (AvgIpc) is 2.82. The minimum absolute atomic E-state index is 0.105. The van der Waals surface area contributed by atoms with Gasteiger partial charge in [0, 0.05) is 28.1 Å². The summed E-state index contributed by atoms with van der Waals surface area (Å²) in [4.78, 5) is 30.8. The number of halogens is 1. The Morgan fingerprint density at radius 2 is 1.74 bits per heavy atom. The van der Waals surface area contributed by atoms with Crippen LogP contribution in [0.4, 0.5) is 5.69 Å². The van der Waals surface area contributed by atoms with E-state index < -0.39 is 5.41 Å². The quantitative estimate of drug-likeness (QED) is 0.329. The monoisotopic (exact) mass is 487 g/mol. The zero-order valence-corrected chi connectivity index (χ0v) is 21.3. The van der Waals surface area contributed by atoms with Crippen LogP contribution in [0.3, 0.4) is 0 Å². The summed E-state index contributed by atoms with van der Waals surface area (Å²) in [5.41, 5.74) is 3.58. The van der Waals surface area contributed by atoms with Crippen LogP contribution in [0.15, 0.2) is 71.5 Å². The molecule has 0 saturated heterocycles. The van der Waals surface area contributed by atoms with Crippen LogP contribution >= 0.6 is 11.6 Å². The summed E-state index contributed by atoms with van der Waals surface area (Å²) in [6, 6.07) is 21.1. The van der Waals surface area contributed by atoms with E-state index in [1.54, 1.807) is 22.8 Å². The molecule has 0 unspecified atom stereocenters. The van der Waals surface area contributed by atoms with Gasteiger partial charge in [0.2, 0.25) is 5.91 Å². The predicted molar refractivity (Wildman–Crippen MR) is 144 cm³/mol. The number of hydrogen-bond donors (Lipinski definition) is 1. The van der Waals surface area contributed by atoms with E-state index in [-0.39, 0.29) is 11.5 Å². The summed E-state index contributed by atoms with van der Waals surface area (Å²) in [6.07, 6.45) is 1.58. The summed E-state index contributed by atoms with van der Waals surface area (Å²) < 4.78 is 1.74.